The molecule has 1 rings (SSSR count). The van der Waals surface area contributed by atoms with E-state index in [1.807, 2.05) is 0 Å². The number of carbonyl (C=O) groups excluding carboxylic acids is 2. The number of carbonyl (C=O) groups is 2. The Hall–Kier alpha value is -1.65. The van der Waals surface area contributed by atoms with Crippen LogP contribution in [-0.4, -0.2) is 18.5 Å². The van der Waals surface area contributed by atoms with Gasteiger partial charge in [-0.2, -0.15) is 4.39 Å². The van der Waals surface area contributed by atoms with Gasteiger partial charge in [-0.15, -0.1) is 0 Å². The predicted molar refractivity (Wildman–Crippen MR) is 53.2 cm³/mol. The van der Waals surface area contributed by atoms with E-state index in [1.54, 1.807) is 0 Å². The van der Waals surface area contributed by atoms with Crippen LogP contribution in [-0.2, 0) is 4.79 Å². The number of ketones is 1. The first-order valence-corrected chi connectivity index (χ1v) is 4.40. The van der Waals surface area contributed by atoms with Gasteiger partial charge in [-0.25, -0.2) is 8.78 Å². The first-order chi connectivity index (χ1) is 7.40. The Bertz CT molecular complexity index is 389. The molecular weight excluding hydrogens is 221 g/mol. The van der Waals surface area contributed by atoms with E-state index in [0.717, 1.165) is 0 Å². The molecule has 0 aliphatic heterocycles. The lowest BCUT2D eigenvalue weighted by molar-refractivity contribution is -0.117. The minimum atomic E-state index is -1.60. The fraction of sp³-hybridized carbons (Fsp3) is 0.273. The van der Waals surface area contributed by atoms with Crippen LogP contribution in [0.1, 0.15) is 22.8 Å². The maximum Gasteiger partial charge on any atom is 0.332 e. The van der Waals surface area contributed by atoms with Crippen molar-refractivity contribution in [2.75, 3.05) is 6.67 Å². The molecule has 0 N–H and O–H groups in total. The lowest BCUT2D eigenvalue weighted by Gasteiger charge is -1.98. The number of hydrogen-bond donors (Lipinski definition) is 0. The van der Waals surface area contributed by atoms with Crippen molar-refractivity contribution in [3.8, 4) is 0 Å². The maximum absolute atomic E-state index is 12.6. The zero-order valence-corrected chi connectivity index (χ0v) is 8.89. The van der Waals surface area contributed by atoms with Gasteiger partial charge >= 0.3 is 6.04 Å². The van der Waals surface area contributed by atoms with Crippen molar-refractivity contribution in [2.24, 2.45) is 0 Å². The highest BCUT2D eigenvalue weighted by Crippen LogP contribution is 2.12. The van der Waals surface area contributed by atoms with Gasteiger partial charge in [0.15, 0.2) is 5.78 Å². The van der Waals surface area contributed by atoms with Crippen LogP contribution >= 0.6 is 0 Å². The monoisotopic (exact) mass is 232 g/mol. The van der Waals surface area contributed by atoms with Crippen molar-refractivity contribution in [3.63, 3.8) is 0 Å². The summed E-state index contributed by atoms with van der Waals surface area (Å²) in [5, 5.41) is 0. The minimum absolute atomic E-state index is 0.0556. The van der Waals surface area contributed by atoms with Crippen LogP contribution in [0, 0.1) is 12.7 Å². The van der Waals surface area contributed by atoms with E-state index in [2.05, 4.69) is 0 Å². The normalized spacial score (nSPS) is 9.06. The second kappa shape index (κ2) is 6.76. The second-order valence-electron chi connectivity index (χ2n) is 3.02. The van der Waals surface area contributed by atoms with Gasteiger partial charge in [0.05, 0.1) is 5.56 Å². The van der Waals surface area contributed by atoms with Gasteiger partial charge in [-0.3, -0.25) is 9.59 Å². The summed E-state index contributed by atoms with van der Waals surface area (Å²) in [5.41, 5.74) is -0.148. The van der Waals surface area contributed by atoms with Crippen molar-refractivity contribution in [2.45, 2.75) is 13.8 Å². The highest BCUT2D eigenvalue weighted by atomic mass is 19.1. The third-order valence-electron chi connectivity index (χ3n) is 1.67. The Morgan fingerprint density at radius 1 is 1.31 bits per heavy atom. The van der Waals surface area contributed by atoms with Crippen LogP contribution < -0.4 is 0 Å². The number of benzene rings is 1. The molecule has 0 unspecified atom stereocenters. The summed E-state index contributed by atoms with van der Waals surface area (Å²) in [5.74, 6) is -0.974. The molecule has 0 aliphatic rings. The fourth-order valence-corrected chi connectivity index (χ4v) is 0.820. The first-order valence-electron chi connectivity index (χ1n) is 4.40. The molecule has 0 atom stereocenters. The molecule has 0 saturated heterocycles. The molecule has 1 aromatic carbocycles. The molecule has 0 spiro atoms. The van der Waals surface area contributed by atoms with E-state index in [-0.39, 0.29) is 11.1 Å². The summed E-state index contributed by atoms with van der Waals surface area (Å²) in [4.78, 5) is 19.6. The van der Waals surface area contributed by atoms with Gasteiger partial charge in [0, 0.05) is 0 Å². The number of hydrogen-bond acceptors (Lipinski definition) is 2. The van der Waals surface area contributed by atoms with Gasteiger partial charge in [0.1, 0.15) is 12.5 Å². The molecule has 0 radical (unpaired) electrons. The second-order valence-corrected chi connectivity index (χ2v) is 3.02. The molecule has 0 heterocycles. The van der Waals surface area contributed by atoms with Crippen LogP contribution in [0.2, 0.25) is 0 Å². The highest BCUT2D eigenvalue weighted by molar-refractivity contribution is 5.89. The Balaban J connectivity index is 0.000000385. The molecule has 0 aliphatic carbocycles. The summed E-state index contributed by atoms with van der Waals surface area (Å²) in [6.45, 7) is 1.74. The zero-order valence-electron chi connectivity index (χ0n) is 8.89. The molecule has 0 amide bonds. The average molecular weight is 232 g/mol. The van der Waals surface area contributed by atoms with E-state index >= 15 is 0 Å². The van der Waals surface area contributed by atoms with Crippen molar-refractivity contribution < 1.29 is 22.8 Å². The molecule has 2 nitrogen and oxygen atoms in total. The van der Waals surface area contributed by atoms with Crippen LogP contribution in [0.15, 0.2) is 18.2 Å². The number of halogens is 3. The van der Waals surface area contributed by atoms with Crippen molar-refractivity contribution in [3.05, 3.63) is 35.1 Å². The lowest BCUT2D eigenvalue weighted by Crippen LogP contribution is -1.96. The molecule has 0 saturated carbocycles. The fourth-order valence-electron chi connectivity index (χ4n) is 0.820. The molecule has 16 heavy (non-hydrogen) atoms. The summed E-state index contributed by atoms with van der Waals surface area (Å²) >= 11 is 0. The zero-order chi connectivity index (χ0) is 12.7. The molecule has 1 aromatic rings. The molecule has 5 heteroatoms. The van der Waals surface area contributed by atoms with Crippen LogP contribution in [0.4, 0.5) is 13.2 Å². The van der Waals surface area contributed by atoms with Crippen molar-refractivity contribution >= 4 is 11.8 Å². The minimum Gasteiger partial charge on any atom is -0.297 e. The summed E-state index contributed by atoms with van der Waals surface area (Å²) in [6.07, 6.45) is 0. The van der Waals surface area contributed by atoms with Gasteiger partial charge in [-0.1, -0.05) is 6.07 Å². The number of rotatable bonds is 2. The number of Topliss-reactive ketones (excluding diaryl/α,β-unsaturated/α-hetero) is 1. The van der Waals surface area contributed by atoms with Gasteiger partial charge < -0.3 is 0 Å². The van der Waals surface area contributed by atoms with Crippen molar-refractivity contribution in [1.82, 2.24) is 0 Å². The highest BCUT2D eigenvalue weighted by Gasteiger charge is 2.09. The Morgan fingerprint density at radius 2 is 1.81 bits per heavy atom. The molecule has 0 fully saturated rings. The Kier molecular flexibility index (Phi) is 6.07. The third kappa shape index (κ3) is 4.72. The first kappa shape index (κ1) is 14.3. The summed E-state index contributed by atoms with van der Waals surface area (Å²) in [7, 11) is 0. The van der Waals surface area contributed by atoms with E-state index in [9.17, 15) is 22.8 Å². The molecule has 0 bridgehead atoms. The smallest absolute Gasteiger partial charge is 0.297 e. The lowest BCUT2D eigenvalue weighted by atomic mass is 10.1. The van der Waals surface area contributed by atoms with Gasteiger partial charge in [0.25, 0.3) is 0 Å². The van der Waals surface area contributed by atoms with Crippen LogP contribution in [0.3, 0.4) is 0 Å². The van der Waals surface area contributed by atoms with Crippen LogP contribution in [0.25, 0.3) is 0 Å². The predicted octanol–water partition coefficient (Wildman–Crippen LogP) is 2.79. The van der Waals surface area contributed by atoms with Gasteiger partial charge in [-0.05, 0) is 31.5 Å². The van der Waals surface area contributed by atoms with E-state index in [0.29, 0.717) is 0 Å². The summed E-state index contributed by atoms with van der Waals surface area (Å²) < 4.78 is 35.5. The third-order valence-corrected chi connectivity index (χ3v) is 1.67. The largest absolute Gasteiger partial charge is 0.332 e. The molecular formula is C11H11F3O2. The molecule has 88 valence electrons. The average Bonchev–Trinajstić information content (AvgIpc) is 2.22. The maximum atomic E-state index is 12.6. The van der Waals surface area contributed by atoms with Gasteiger partial charge in [0.2, 0.25) is 0 Å². The summed E-state index contributed by atoms with van der Waals surface area (Å²) in [6, 6.07) is 2.14. The Morgan fingerprint density at radius 3 is 2.12 bits per heavy atom. The topological polar surface area (TPSA) is 34.1 Å². The van der Waals surface area contributed by atoms with E-state index < -0.39 is 24.3 Å². The standard InChI is InChI=1S/C8H6F2O.C3H5FO/c1-5-6(8(10)11)3-2-4-7(5)9;1-3(5)2-4/h2-4H,1H3;2H2,1H3. The molecule has 0 aromatic heterocycles. The van der Waals surface area contributed by atoms with E-state index in [4.69, 9.17) is 0 Å². The quantitative estimate of drug-likeness (QED) is 0.735. The van der Waals surface area contributed by atoms with E-state index in [1.165, 1.54) is 32.0 Å². The SMILES string of the molecule is CC(=O)CF.Cc1c(F)cccc1C(=O)F. The number of alkyl halides is 1. The van der Waals surface area contributed by atoms with Crippen molar-refractivity contribution in [1.29, 1.82) is 0 Å². The van der Waals surface area contributed by atoms with Crippen LogP contribution in [0.5, 0.6) is 0 Å². The Labute approximate surface area is 91.1 Å².